The number of hydrogen-bond donors (Lipinski definition) is 1. The van der Waals surface area contributed by atoms with E-state index in [0.29, 0.717) is 6.04 Å². The molecule has 0 amide bonds. The highest BCUT2D eigenvalue weighted by Crippen LogP contribution is 2.18. The molecule has 0 saturated carbocycles. The molecule has 0 radical (unpaired) electrons. The van der Waals surface area contributed by atoms with Crippen molar-refractivity contribution in [2.75, 3.05) is 13.2 Å². The summed E-state index contributed by atoms with van der Waals surface area (Å²) in [4.78, 5) is 0. The fraction of sp³-hybridized carbons (Fsp3) is 0.875. The molecule has 1 aliphatic heterocycles. The van der Waals surface area contributed by atoms with Crippen molar-refractivity contribution in [2.24, 2.45) is 0 Å². The van der Waals surface area contributed by atoms with E-state index in [4.69, 9.17) is 4.74 Å². The third-order valence-corrected chi connectivity index (χ3v) is 3.54. The molecule has 1 heterocycles. The molecule has 18 heavy (non-hydrogen) atoms. The molecule has 0 fully saturated rings. The van der Waals surface area contributed by atoms with Crippen LogP contribution in [0.2, 0.25) is 0 Å². The van der Waals surface area contributed by atoms with Crippen LogP contribution in [0.3, 0.4) is 0 Å². The Balaban J connectivity index is 2.28. The highest BCUT2D eigenvalue weighted by Gasteiger charge is 2.16. The van der Waals surface area contributed by atoms with Crippen LogP contribution in [0, 0.1) is 0 Å². The predicted molar refractivity (Wildman–Crippen MR) is 78.7 cm³/mol. The minimum Gasteiger partial charge on any atom is -0.497 e. The molecule has 0 aromatic rings. The summed E-state index contributed by atoms with van der Waals surface area (Å²) >= 11 is 0. The maximum Gasteiger partial charge on any atom is 0.109 e. The zero-order valence-electron chi connectivity index (χ0n) is 12.3. The zero-order chi connectivity index (χ0) is 13.1. The van der Waals surface area contributed by atoms with Crippen molar-refractivity contribution in [3.8, 4) is 0 Å². The highest BCUT2D eigenvalue weighted by molar-refractivity contribution is 5.05. The van der Waals surface area contributed by atoms with E-state index < -0.39 is 0 Å². The van der Waals surface area contributed by atoms with Crippen LogP contribution in [0.25, 0.3) is 0 Å². The summed E-state index contributed by atoms with van der Waals surface area (Å²) in [6.45, 7) is 6.50. The Morgan fingerprint density at radius 1 is 1.17 bits per heavy atom. The molecule has 0 saturated heterocycles. The van der Waals surface area contributed by atoms with Crippen LogP contribution in [0.4, 0.5) is 0 Å². The van der Waals surface area contributed by atoms with Gasteiger partial charge < -0.3 is 10.1 Å². The summed E-state index contributed by atoms with van der Waals surface area (Å²) < 4.78 is 5.81. The second kappa shape index (κ2) is 10.4. The monoisotopic (exact) mass is 253 g/mol. The van der Waals surface area contributed by atoms with E-state index in [9.17, 15) is 0 Å². The Labute approximate surface area is 113 Å². The van der Waals surface area contributed by atoms with Crippen LogP contribution in [-0.4, -0.2) is 19.2 Å². The van der Waals surface area contributed by atoms with Gasteiger partial charge in [-0.05, 0) is 38.3 Å². The average molecular weight is 253 g/mol. The number of hydrogen-bond acceptors (Lipinski definition) is 2. The highest BCUT2D eigenvalue weighted by atomic mass is 16.5. The lowest BCUT2D eigenvalue weighted by molar-refractivity contribution is 0.164. The molecule has 2 nitrogen and oxygen atoms in total. The van der Waals surface area contributed by atoms with Gasteiger partial charge in [0.2, 0.25) is 0 Å². The third-order valence-electron chi connectivity index (χ3n) is 3.54. The Kier molecular flexibility index (Phi) is 9.01. The van der Waals surface area contributed by atoms with Crippen molar-refractivity contribution in [1.82, 2.24) is 5.32 Å². The van der Waals surface area contributed by atoms with Gasteiger partial charge in [0.1, 0.15) is 5.76 Å². The molecule has 2 heteroatoms. The van der Waals surface area contributed by atoms with Crippen molar-refractivity contribution in [2.45, 2.75) is 77.7 Å². The van der Waals surface area contributed by atoms with Crippen LogP contribution in [0.5, 0.6) is 0 Å². The Bertz CT molecular complexity index is 225. The zero-order valence-corrected chi connectivity index (χ0v) is 12.3. The first-order valence-electron chi connectivity index (χ1n) is 7.94. The van der Waals surface area contributed by atoms with Gasteiger partial charge in [-0.3, -0.25) is 0 Å². The molecular formula is C16H31NO. The summed E-state index contributed by atoms with van der Waals surface area (Å²) in [6.07, 6.45) is 13.9. The molecule has 0 aromatic carbocycles. The first-order valence-corrected chi connectivity index (χ1v) is 7.94. The lowest BCUT2D eigenvalue weighted by Crippen LogP contribution is -2.33. The van der Waals surface area contributed by atoms with E-state index in [0.717, 1.165) is 13.2 Å². The number of ether oxygens (including phenoxy) is 1. The quantitative estimate of drug-likeness (QED) is 0.582. The third kappa shape index (κ3) is 6.44. The second-order valence-electron chi connectivity index (χ2n) is 5.31. The van der Waals surface area contributed by atoms with Gasteiger partial charge in [0.15, 0.2) is 0 Å². The summed E-state index contributed by atoms with van der Waals surface area (Å²) in [7, 11) is 0. The van der Waals surface area contributed by atoms with Gasteiger partial charge >= 0.3 is 0 Å². The van der Waals surface area contributed by atoms with E-state index >= 15 is 0 Å². The van der Waals surface area contributed by atoms with Crippen molar-refractivity contribution < 1.29 is 4.74 Å². The van der Waals surface area contributed by atoms with E-state index in [1.807, 2.05) is 0 Å². The summed E-state index contributed by atoms with van der Waals surface area (Å²) in [5, 5.41) is 3.64. The van der Waals surface area contributed by atoms with Crippen LogP contribution >= 0.6 is 0 Å². The Morgan fingerprint density at radius 2 is 2.00 bits per heavy atom. The maximum absolute atomic E-state index is 5.81. The molecular weight excluding hydrogens is 222 g/mol. The average Bonchev–Trinajstić information content (AvgIpc) is 2.43. The van der Waals surface area contributed by atoms with Gasteiger partial charge in [0, 0.05) is 0 Å². The van der Waals surface area contributed by atoms with Crippen molar-refractivity contribution >= 4 is 0 Å². The lowest BCUT2D eigenvalue weighted by atomic mass is 10.0. The lowest BCUT2D eigenvalue weighted by Gasteiger charge is -2.24. The smallest absolute Gasteiger partial charge is 0.109 e. The van der Waals surface area contributed by atoms with E-state index in [-0.39, 0.29) is 0 Å². The van der Waals surface area contributed by atoms with E-state index in [1.165, 1.54) is 63.5 Å². The topological polar surface area (TPSA) is 21.3 Å². The fourth-order valence-corrected chi connectivity index (χ4v) is 2.43. The standard InChI is InChI=1S/C16H31NO/c1-3-5-6-7-8-11-15(17-13-4-2)16-12-9-10-14-18-16/h12,15,17H,3-11,13-14H2,1-2H3. The largest absolute Gasteiger partial charge is 0.497 e. The SMILES string of the molecule is CCCCCCCC(NCCC)C1=CCCCO1. The number of allylic oxidation sites excluding steroid dienone is 1. The maximum atomic E-state index is 5.81. The Hall–Kier alpha value is -0.500. The Morgan fingerprint density at radius 3 is 2.67 bits per heavy atom. The normalized spacial score (nSPS) is 17.1. The number of unbranched alkanes of at least 4 members (excludes halogenated alkanes) is 4. The van der Waals surface area contributed by atoms with Crippen LogP contribution in [0.1, 0.15) is 71.6 Å². The van der Waals surface area contributed by atoms with E-state index in [1.54, 1.807) is 0 Å². The van der Waals surface area contributed by atoms with Crippen molar-refractivity contribution in [3.63, 3.8) is 0 Å². The minimum absolute atomic E-state index is 0.465. The van der Waals surface area contributed by atoms with Crippen LogP contribution in [0.15, 0.2) is 11.8 Å². The van der Waals surface area contributed by atoms with Gasteiger partial charge in [-0.25, -0.2) is 0 Å². The summed E-state index contributed by atoms with van der Waals surface area (Å²) in [5.74, 6) is 1.21. The molecule has 0 aromatic heterocycles. The molecule has 1 atom stereocenters. The molecule has 0 spiro atoms. The van der Waals surface area contributed by atoms with Crippen LogP contribution in [-0.2, 0) is 4.74 Å². The summed E-state index contributed by atoms with van der Waals surface area (Å²) in [6, 6.07) is 0.465. The second-order valence-corrected chi connectivity index (χ2v) is 5.31. The van der Waals surface area contributed by atoms with Gasteiger partial charge in [-0.1, -0.05) is 46.0 Å². The molecule has 0 bridgehead atoms. The first kappa shape index (κ1) is 15.6. The number of rotatable bonds is 10. The molecule has 106 valence electrons. The molecule has 1 unspecified atom stereocenters. The minimum atomic E-state index is 0.465. The van der Waals surface area contributed by atoms with Crippen LogP contribution < -0.4 is 5.32 Å². The molecule has 1 aliphatic rings. The van der Waals surface area contributed by atoms with Gasteiger partial charge in [0.25, 0.3) is 0 Å². The number of nitrogens with one attached hydrogen (secondary N) is 1. The van der Waals surface area contributed by atoms with Gasteiger partial charge in [-0.2, -0.15) is 0 Å². The predicted octanol–water partition coefficient (Wildman–Crippen LogP) is 4.41. The van der Waals surface area contributed by atoms with E-state index in [2.05, 4.69) is 25.2 Å². The fourth-order valence-electron chi connectivity index (χ4n) is 2.43. The molecule has 1 rings (SSSR count). The molecule has 1 N–H and O–H groups in total. The van der Waals surface area contributed by atoms with Crippen molar-refractivity contribution in [3.05, 3.63) is 11.8 Å². The summed E-state index contributed by atoms with van der Waals surface area (Å²) in [5.41, 5.74) is 0. The van der Waals surface area contributed by atoms with Crippen molar-refractivity contribution in [1.29, 1.82) is 0 Å². The van der Waals surface area contributed by atoms with Gasteiger partial charge in [0.05, 0.1) is 12.6 Å². The molecule has 0 aliphatic carbocycles. The van der Waals surface area contributed by atoms with Gasteiger partial charge in [-0.15, -0.1) is 0 Å². The first-order chi connectivity index (χ1) is 8.88.